The summed E-state index contributed by atoms with van der Waals surface area (Å²) in [4.78, 5) is 0. The first-order valence-corrected chi connectivity index (χ1v) is 4.68. The van der Waals surface area contributed by atoms with E-state index >= 15 is 0 Å². The lowest BCUT2D eigenvalue weighted by Crippen LogP contribution is -2.05. The van der Waals surface area contributed by atoms with Crippen molar-refractivity contribution in [3.05, 3.63) is 34.9 Å². The van der Waals surface area contributed by atoms with Gasteiger partial charge in [0.1, 0.15) is 0 Å². The number of aryl methyl sites for hydroxylation is 2. The Morgan fingerprint density at radius 2 is 2.33 bits per heavy atom. The summed E-state index contributed by atoms with van der Waals surface area (Å²) >= 11 is 0. The summed E-state index contributed by atoms with van der Waals surface area (Å²) in [5, 5.41) is 0. The lowest BCUT2D eigenvalue weighted by Gasteiger charge is -2.06. The van der Waals surface area contributed by atoms with Crippen LogP contribution in [-0.4, -0.2) is 0 Å². The van der Waals surface area contributed by atoms with Crippen molar-refractivity contribution < 1.29 is 0 Å². The summed E-state index contributed by atoms with van der Waals surface area (Å²) in [6, 6.07) is 7.02. The second-order valence-electron chi connectivity index (χ2n) is 3.53. The van der Waals surface area contributed by atoms with Gasteiger partial charge in [0.15, 0.2) is 0 Å². The fourth-order valence-corrected chi connectivity index (χ4v) is 1.90. The molecule has 0 fully saturated rings. The highest BCUT2D eigenvalue weighted by molar-refractivity contribution is 5.37. The third-order valence-electron chi connectivity index (χ3n) is 2.74. The van der Waals surface area contributed by atoms with Crippen LogP contribution in [0.15, 0.2) is 18.2 Å². The zero-order valence-electron chi connectivity index (χ0n) is 7.51. The topological polar surface area (TPSA) is 26.0 Å². The molecule has 0 aromatic heterocycles. The van der Waals surface area contributed by atoms with Crippen LogP contribution in [0.5, 0.6) is 0 Å². The second-order valence-corrected chi connectivity index (χ2v) is 3.53. The third kappa shape index (κ3) is 1.14. The Kier molecular flexibility index (Phi) is 1.89. The number of hydrogen-bond donors (Lipinski definition) is 1. The van der Waals surface area contributed by atoms with E-state index in [1.807, 2.05) is 0 Å². The molecule has 1 aromatic carbocycles. The standard InChI is InChI=1S/C11H15N/c1-2-8-3-4-9-5-6-11(12)10(9)7-8/h3-4,7,11H,2,5-6,12H2,1H3. The largest absolute Gasteiger partial charge is 0.324 e. The molecule has 0 spiro atoms. The van der Waals surface area contributed by atoms with Crippen molar-refractivity contribution in [3.63, 3.8) is 0 Å². The van der Waals surface area contributed by atoms with Crippen molar-refractivity contribution in [1.82, 2.24) is 0 Å². The normalized spacial score (nSPS) is 21.0. The molecule has 0 radical (unpaired) electrons. The van der Waals surface area contributed by atoms with Gasteiger partial charge in [0.2, 0.25) is 0 Å². The Bertz CT molecular complexity index is 291. The molecule has 0 amide bonds. The predicted octanol–water partition coefficient (Wildman–Crippen LogP) is 2.20. The predicted molar refractivity (Wildman–Crippen MR) is 51.1 cm³/mol. The molecule has 0 saturated carbocycles. The average molecular weight is 161 g/mol. The average Bonchev–Trinajstić information content (AvgIpc) is 2.47. The summed E-state index contributed by atoms with van der Waals surface area (Å²) in [6.45, 7) is 2.18. The fraction of sp³-hybridized carbons (Fsp3) is 0.455. The maximum absolute atomic E-state index is 5.97. The van der Waals surface area contributed by atoms with E-state index in [1.54, 1.807) is 0 Å². The van der Waals surface area contributed by atoms with E-state index in [9.17, 15) is 0 Å². The number of benzene rings is 1. The summed E-state index contributed by atoms with van der Waals surface area (Å²) in [7, 11) is 0. The minimum absolute atomic E-state index is 0.298. The SMILES string of the molecule is CCc1ccc2c(c1)C(N)CC2. The zero-order valence-corrected chi connectivity index (χ0v) is 7.51. The van der Waals surface area contributed by atoms with Gasteiger partial charge in [-0.2, -0.15) is 0 Å². The van der Waals surface area contributed by atoms with Crippen molar-refractivity contribution in [2.24, 2.45) is 5.73 Å². The molecule has 1 aliphatic rings. The molecule has 1 aliphatic carbocycles. The second kappa shape index (κ2) is 2.91. The number of fused-ring (bicyclic) bond motifs is 1. The van der Waals surface area contributed by atoms with E-state index in [0.29, 0.717) is 6.04 Å². The Hall–Kier alpha value is -0.820. The molecular weight excluding hydrogens is 146 g/mol. The van der Waals surface area contributed by atoms with Gasteiger partial charge in [0.05, 0.1) is 0 Å². The highest BCUT2D eigenvalue weighted by atomic mass is 14.6. The van der Waals surface area contributed by atoms with Gasteiger partial charge in [-0.05, 0) is 36.0 Å². The monoisotopic (exact) mass is 161 g/mol. The molecule has 1 nitrogen and oxygen atoms in total. The first kappa shape index (κ1) is 7.81. The first-order chi connectivity index (χ1) is 5.81. The minimum Gasteiger partial charge on any atom is -0.324 e. The van der Waals surface area contributed by atoms with Crippen molar-refractivity contribution in [1.29, 1.82) is 0 Å². The summed E-state index contributed by atoms with van der Waals surface area (Å²) in [6.07, 6.45) is 3.41. The van der Waals surface area contributed by atoms with Crippen molar-refractivity contribution >= 4 is 0 Å². The van der Waals surface area contributed by atoms with Gasteiger partial charge in [-0.3, -0.25) is 0 Å². The Morgan fingerprint density at radius 1 is 1.50 bits per heavy atom. The van der Waals surface area contributed by atoms with Gasteiger partial charge in [-0.15, -0.1) is 0 Å². The smallest absolute Gasteiger partial charge is 0.0300 e. The van der Waals surface area contributed by atoms with Crippen LogP contribution in [0.2, 0.25) is 0 Å². The minimum atomic E-state index is 0.298. The van der Waals surface area contributed by atoms with Crippen molar-refractivity contribution in [2.45, 2.75) is 32.2 Å². The molecular formula is C11H15N. The summed E-state index contributed by atoms with van der Waals surface area (Å²) in [5.74, 6) is 0. The number of hydrogen-bond acceptors (Lipinski definition) is 1. The molecule has 64 valence electrons. The van der Waals surface area contributed by atoms with E-state index < -0.39 is 0 Å². The van der Waals surface area contributed by atoms with E-state index in [-0.39, 0.29) is 0 Å². The molecule has 2 N–H and O–H groups in total. The zero-order chi connectivity index (χ0) is 8.55. The van der Waals surface area contributed by atoms with Crippen LogP contribution in [-0.2, 0) is 12.8 Å². The highest BCUT2D eigenvalue weighted by Crippen LogP contribution is 2.29. The molecule has 1 aromatic rings. The highest BCUT2D eigenvalue weighted by Gasteiger charge is 2.18. The maximum atomic E-state index is 5.97. The van der Waals surface area contributed by atoms with Gasteiger partial charge in [0.25, 0.3) is 0 Å². The van der Waals surface area contributed by atoms with Crippen LogP contribution in [0.25, 0.3) is 0 Å². The van der Waals surface area contributed by atoms with E-state index in [2.05, 4.69) is 25.1 Å². The molecule has 0 aliphatic heterocycles. The van der Waals surface area contributed by atoms with Crippen molar-refractivity contribution in [3.8, 4) is 0 Å². The Morgan fingerprint density at radius 3 is 3.08 bits per heavy atom. The van der Waals surface area contributed by atoms with E-state index in [0.717, 1.165) is 12.8 Å². The molecule has 0 bridgehead atoms. The summed E-state index contributed by atoms with van der Waals surface area (Å²) in [5.41, 5.74) is 10.2. The molecule has 12 heavy (non-hydrogen) atoms. The molecule has 1 atom stereocenters. The Labute approximate surface area is 73.6 Å². The molecule has 1 heteroatoms. The van der Waals surface area contributed by atoms with E-state index in [1.165, 1.54) is 23.1 Å². The van der Waals surface area contributed by atoms with Gasteiger partial charge >= 0.3 is 0 Å². The van der Waals surface area contributed by atoms with Crippen LogP contribution in [0.4, 0.5) is 0 Å². The molecule has 1 unspecified atom stereocenters. The molecule has 0 heterocycles. The third-order valence-corrected chi connectivity index (χ3v) is 2.74. The number of rotatable bonds is 1. The molecule has 2 rings (SSSR count). The van der Waals surface area contributed by atoms with Crippen LogP contribution in [0, 0.1) is 0 Å². The number of nitrogens with two attached hydrogens (primary N) is 1. The maximum Gasteiger partial charge on any atom is 0.0300 e. The lowest BCUT2D eigenvalue weighted by molar-refractivity contribution is 0.713. The van der Waals surface area contributed by atoms with Gasteiger partial charge in [-0.1, -0.05) is 25.1 Å². The van der Waals surface area contributed by atoms with Crippen molar-refractivity contribution in [2.75, 3.05) is 0 Å². The van der Waals surface area contributed by atoms with E-state index in [4.69, 9.17) is 5.73 Å². The first-order valence-electron chi connectivity index (χ1n) is 4.68. The van der Waals surface area contributed by atoms with Gasteiger partial charge in [-0.25, -0.2) is 0 Å². The van der Waals surface area contributed by atoms with Gasteiger partial charge in [0, 0.05) is 6.04 Å². The van der Waals surface area contributed by atoms with Crippen LogP contribution >= 0.6 is 0 Å². The van der Waals surface area contributed by atoms with Crippen LogP contribution < -0.4 is 5.73 Å². The fourth-order valence-electron chi connectivity index (χ4n) is 1.90. The van der Waals surface area contributed by atoms with Crippen LogP contribution in [0.1, 0.15) is 36.1 Å². The Balaban J connectivity index is 2.43. The quantitative estimate of drug-likeness (QED) is 0.671. The van der Waals surface area contributed by atoms with Crippen LogP contribution in [0.3, 0.4) is 0 Å². The lowest BCUT2D eigenvalue weighted by atomic mass is 10.0. The molecule has 0 saturated heterocycles. The van der Waals surface area contributed by atoms with Gasteiger partial charge < -0.3 is 5.73 Å². The summed E-state index contributed by atoms with van der Waals surface area (Å²) < 4.78 is 0.